The summed E-state index contributed by atoms with van der Waals surface area (Å²) >= 11 is 0. The lowest BCUT2D eigenvalue weighted by Crippen LogP contribution is -2.53. The fraction of sp³-hybridized carbons (Fsp3) is 0.571. The Kier molecular flexibility index (Phi) is 14.5. The third-order valence-electron chi connectivity index (χ3n) is 7.16. The van der Waals surface area contributed by atoms with Gasteiger partial charge in [0.1, 0.15) is 23.4 Å². The van der Waals surface area contributed by atoms with Crippen molar-refractivity contribution >= 4 is 17.9 Å². The Morgan fingerprint density at radius 1 is 0.930 bits per heavy atom. The van der Waals surface area contributed by atoms with Crippen LogP contribution in [0.1, 0.15) is 109 Å². The lowest BCUT2D eigenvalue weighted by atomic mass is 9.97. The molecule has 2 rings (SSSR count). The zero-order chi connectivity index (χ0) is 32.0. The average molecular weight is 596 g/mol. The van der Waals surface area contributed by atoms with Crippen molar-refractivity contribution in [3.8, 4) is 5.75 Å². The second kappa shape index (κ2) is 17.5. The molecule has 0 radical (unpaired) electrons. The van der Waals surface area contributed by atoms with E-state index in [0.717, 1.165) is 37.7 Å². The van der Waals surface area contributed by atoms with Crippen molar-refractivity contribution in [1.29, 1.82) is 0 Å². The Hall–Kier alpha value is -3.55. The number of amides is 3. The Balaban J connectivity index is 2.51. The Morgan fingerprint density at radius 3 is 2.21 bits per heavy atom. The molecule has 0 saturated carbocycles. The molecule has 2 aromatic carbocycles. The number of hydrogen-bond acceptors (Lipinski definition) is 5. The van der Waals surface area contributed by atoms with E-state index in [1.165, 1.54) is 0 Å². The predicted octanol–water partition coefficient (Wildman–Crippen LogP) is 7.19. The molecule has 0 bridgehead atoms. The molecule has 3 N–H and O–H groups in total. The van der Waals surface area contributed by atoms with E-state index in [4.69, 9.17) is 4.74 Å². The number of phenols is 1. The van der Waals surface area contributed by atoms with E-state index in [2.05, 4.69) is 17.6 Å². The summed E-state index contributed by atoms with van der Waals surface area (Å²) in [6.07, 6.45) is 5.69. The first-order valence-electron chi connectivity index (χ1n) is 15.7. The van der Waals surface area contributed by atoms with Crippen LogP contribution < -0.4 is 10.6 Å². The highest BCUT2D eigenvalue weighted by Crippen LogP contribution is 2.33. The SMILES string of the molecule is CCCCCCCCN(C(=O)C(CC(C)C)NC(=O)OC(C)(C)C)C(C(=O)NCc1ccccc1)c1cccc(C)c1O. The minimum absolute atomic E-state index is 0.0244. The maximum absolute atomic E-state index is 14.4. The third kappa shape index (κ3) is 12.3. The van der Waals surface area contributed by atoms with Crippen LogP contribution in [0.25, 0.3) is 0 Å². The highest BCUT2D eigenvalue weighted by atomic mass is 16.6. The van der Waals surface area contributed by atoms with Gasteiger partial charge in [-0.1, -0.05) is 101 Å². The maximum atomic E-state index is 14.4. The molecule has 0 aliphatic carbocycles. The van der Waals surface area contributed by atoms with E-state index in [1.807, 2.05) is 44.2 Å². The van der Waals surface area contributed by atoms with Crippen molar-refractivity contribution in [2.24, 2.45) is 5.92 Å². The number of para-hydroxylation sites is 1. The first-order valence-corrected chi connectivity index (χ1v) is 15.7. The molecule has 2 aromatic rings. The monoisotopic (exact) mass is 595 g/mol. The van der Waals surface area contributed by atoms with E-state index in [1.54, 1.807) is 50.8 Å². The lowest BCUT2D eigenvalue weighted by molar-refractivity contribution is -0.143. The van der Waals surface area contributed by atoms with Gasteiger partial charge in [0, 0.05) is 18.7 Å². The smallest absolute Gasteiger partial charge is 0.408 e. The van der Waals surface area contributed by atoms with Crippen LogP contribution in [-0.2, 0) is 20.9 Å². The number of aromatic hydroxyl groups is 1. The molecule has 0 saturated heterocycles. The van der Waals surface area contributed by atoms with Crippen LogP contribution >= 0.6 is 0 Å². The van der Waals surface area contributed by atoms with Gasteiger partial charge in [0.2, 0.25) is 11.8 Å². The third-order valence-corrected chi connectivity index (χ3v) is 7.16. The summed E-state index contributed by atoms with van der Waals surface area (Å²) in [5, 5.41) is 16.9. The number of benzene rings is 2. The minimum Gasteiger partial charge on any atom is -0.507 e. The zero-order valence-corrected chi connectivity index (χ0v) is 27.2. The van der Waals surface area contributed by atoms with Gasteiger partial charge in [0.15, 0.2) is 0 Å². The molecule has 0 heterocycles. The largest absolute Gasteiger partial charge is 0.507 e. The van der Waals surface area contributed by atoms with Gasteiger partial charge in [-0.05, 0) is 57.6 Å². The van der Waals surface area contributed by atoms with E-state index in [9.17, 15) is 19.5 Å². The van der Waals surface area contributed by atoms with E-state index < -0.39 is 29.7 Å². The number of aryl methyl sites for hydroxylation is 1. The topological polar surface area (TPSA) is 108 Å². The van der Waals surface area contributed by atoms with Gasteiger partial charge >= 0.3 is 6.09 Å². The zero-order valence-electron chi connectivity index (χ0n) is 27.2. The Labute approximate surface area is 258 Å². The van der Waals surface area contributed by atoms with E-state index >= 15 is 0 Å². The number of carbonyl (C=O) groups is 3. The van der Waals surface area contributed by atoms with Crippen molar-refractivity contribution in [1.82, 2.24) is 15.5 Å². The molecule has 8 heteroatoms. The Morgan fingerprint density at radius 2 is 1.58 bits per heavy atom. The molecular weight excluding hydrogens is 542 g/mol. The van der Waals surface area contributed by atoms with Gasteiger partial charge in [-0.25, -0.2) is 4.79 Å². The van der Waals surface area contributed by atoms with E-state index in [-0.39, 0.29) is 24.1 Å². The molecule has 0 aromatic heterocycles. The predicted molar refractivity (Wildman–Crippen MR) is 172 cm³/mol. The van der Waals surface area contributed by atoms with Gasteiger partial charge in [-0.2, -0.15) is 0 Å². The minimum atomic E-state index is -1.10. The van der Waals surface area contributed by atoms with E-state index in [0.29, 0.717) is 30.5 Å². The molecule has 0 spiro atoms. The van der Waals surface area contributed by atoms with Crippen LogP contribution in [0, 0.1) is 12.8 Å². The van der Waals surface area contributed by atoms with Gasteiger partial charge in [0.05, 0.1) is 0 Å². The number of unbranched alkanes of at least 4 members (excludes halogenated alkanes) is 5. The fourth-order valence-electron chi connectivity index (χ4n) is 5.01. The second-order valence-corrected chi connectivity index (χ2v) is 12.7. The number of nitrogens with zero attached hydrogens (tertiary/aromatic N) is 1. The number of ether oxygens (including phenoxy) is 1. The summed E-state index contributed by atoms with van der Waals surface area (Å²) in [6.45, 7) is 13.8. The number of alkyl carbamates (subject to hydrolysis) is 1. The van der Waals surface area contributed by atoms with Crippen molar-refractivity contribution in [3.63, 3.8) is 0 Å². The molecule has 8 nitrogen and oxygen atoms in total. The van der Waals surface area contributed by atoms with Crippen molar-refractivity contribution in [2.75, 3.05) is 6.54 Å². The summed E-state index contributed by atoms with van der Waals surface area (Å²) in [5.41, 5.74) is 1.14. The van der Waals surface area contributed by atoms with Crippen LogP contribution in [0.2, 0.25) is 0 Å². The van der Waals surface area contributed by atoms with Crippen LogP contribution in [0.5, 0.6) is 5.75 Å². The quantitative estimate of drug-likeness (QED) is 0.178. The molecule has 2 unspecified atom stereocenters. The molecular formula is C35H53N3O5. The van der Waals surface area contributed by atoms with Crippen LogP contribution in [0.15, 0.2) is 48.5 Å². The van der Waals surface area contributed by atoms with Crippen molar-refractivity contribution in [3.05, 3.63) is 65.2 Å². The molecule has 238 valence electrons. The highest BCUT2D eigenvalue weighted by molar-refractivity contribution is 5.92. The van der Waals surface area contributed by atoms with Gasteiger partial charge in [-0.15, -0.1) is 0 Å². The molecule has 0 aliphatic rings. The highest BCUT2D eigenvalue weighted by Gasteiger charge is 2.37. The first kappa shape index (κ1) is 35.6. The summed E-state index contributed by atoms with van der Waals surface area (Å²) in [7, 11) is 0. The maximum Gasteiger partial charge on any atom is 0.408 e. The van der Waals surface area contributed by atoms with Gasteiger partial charge in [0.25, 0.3) is 0 Å². The molecule has 0 fully saturated rings. The molecule has 0 aliphatic heterocycles. The fourth-order valence-corrected chi connectivity index (χ4v) is 5.01. The van der Waals surface area contributed by atoms with Crippen LogP contribution in [-0.4, -0.2) is 46.1 Å². The number of carbonyl (C=O) groups excluding carboxylic acids is 3. The summed E-state index contributed by atoms with van der Waals surface area (Å²) in [6, 6.07) is 12.8. The van der Waals surface area contributed by atoms with Crippen LogP contribution in [0.4, 0.5) is 4.79 Å². The van der Waals surface area contributed by atoms with Crippen molar-refractivity contribution in [2.45, 2.75) is 118 Å². The normalized spacial score (nSPS) is 12.8. The lowest BCUT2D eigenvalue weighted by Gasteiger charge is -2.35. The average Bonchev–Trinajstić information content (AvgIpc) is 2.93. The molecule has 43 heavy (non-hydrogen) atoms. The number of hydrogen-bond donors (Lipinski definition) is 3. The Bertz CT molecular complexity index is 1160. The molecule has 2 atom stereocenters. The van der Waals surface area contributed by atoms with Gasteiger partial charge in [-0.3, -0.25) is 9.59 Å². The molecule has 3 amide bonds. The van der Waals surface area contributed by atoms with Gasteiger partial charge < -0.3 is 25.4 Å². The second-order valence-electron chi connectivity index (χ2n) is 12.7. The number of nitrogens with one attached hydrogen (secondary N) is 2. The number of rotatable bonds is 16. The van der Waals surface area contributed by atoms with Crippen LogP contribution in [0.3, 0.4) is 0 Å². The first-order chi connectivity index (χ1) is 20.3. The summed E-state index contributed by atoms with van der Waals surface area (Å²) < 4.78 is 5.49. The number of phenolic OH excluding ortho intramolecular Hbond substituents is 1. The van der Waals surface area contributed by atoms with Crippen molar-refractivity contribution < 1.29 is 24.2 Å². The summed E-state index contributed by atoms with van der Waals surface area (Å²) in [5.74, 6) is -0.723. The standard InChI is InChI=1S/C35H53N3O5/c1-8-9-10-11-12-16-22-38(33(41)29(23-25(2)3)37-34(42)43-35(5,6)7)30(28-21-17-18-26(4)31(28)39)32(40)36-24-27-19-14-13-15-20-27/h13-15,17-21,25,29-30,39H,8-12,16,22-24H2,1-7H3,(H,36,40)(H,37,42). The summed E-state index contributed by atoms with van der Waals surface area (Å²) in [4.78, 5) is 42.8.